The second-order valence-electron chi connectivity index (χ2n) is 3.45. The summed E-state index contributed by atoms with van der Waals surface area (Å²) in [6, 6.07) is 12.8. The number of halogens is 2. The van der Waals surface area contributed by atoms with E-state index in [0.29, 0.717) is 4.90 Å². The van der Waals surface area contributed by atoms with Gasteiger partial charge in [-0.1, -0.05) is 28.1 Å². The summed E-state index contributed by atoms with van der Waals surface area (Å²) in [5.74, 6) is -0.654. The van der Waals surface area contributed by atoms with E-state index < -0.39 is 16.6 Å². The van der Waals surface area contributed by atoms with Crippen LogP contribution in [0, 0.1) is 17.1 Å². The maximum Gasteiger partial charge on any atom is 0.142 e. The standard InChI is InChI=1S/C13H7BrFNOS/c14-9-3-1-4-10(7-9)18(17)13-6-2-5-12(15)11(13)8-16/h1-7H/t18-/m0/s1. The molecule has 0 aromatic heterocycles. The molecule has 0 fully saturated rings. The van der Waals surface area contributed by atoms with Gasteiger partial charge in [-0.2, -0.15) is 5.26 Å². The van der Waals surface area contributed by atoms with Crippen molar-refractivity contribution in [1.29, 1.82) is 5.26 Å². The van der Waals surface area contributed by atoms with Gasteiger partial charge in [-0.15, -0.1) is 0 Å². The van der Waals surface area contributed by atoms with Crippen molar-refractivity contribution >= 4 is 26.7 Å². The zero-order chi connectivity index (χ0) is 13.1. The topological polar surface area (TPSA) is 40.9 Å². The minimum Gasteiger partial charge on any atom is -0.249 e. The maximum absolute atomic E-state index is 13.4. The van der Waals surface area contributed by atoms with Gasteiger partial charge in [0.1, 0.15) is 17.4 Å². The molecule has 0 heterocycles. The van der Waals surface area contributed by atoms with E-state index in [9.17, 15) is 8.60 Å². The van der Waals surface area contributed by atoms with Crippen LogP contribution in [0.25, 0.3) is 0 Å². The summed E-state index contributed by atoms with van der Waals surface area (Å²) < 4.78 is 26.5. The van der Waals surface area contributed by atoms with Gasteiger partial charge in [0.05, 0.1) is 15.7 Å². The summed E-state index contributed by atoms with van der Waals surface area (Å²) in [5.41, 5.74) is -0.171. The number of rotatable bonds is 2. The maximum atomic E-state index is 13.4. The van der Waals surface area contributed by atoms with Gasteiger partial charge < -0.3 is 0 Å². The molecule has 18 heavy (non-hydrogen) atoms. The average Bonchev–Trinajstić information content (AvgIpc) is 2.37. The van der Waals surface area contributed by atoms with Crippen molar-refractivity contribution in [1.82, 2.24) is 0 Å². The van der Waals surface area contributed by atoms with Crippen molar-refractivity contribution in [3.63, 3.8) is 0 Å². The number of nitrogens with zero attached hydrogens (tertiary/aromatic N) is 1. The van der Waals surface area contributed by atoms with Gasteiger partial charge in [-0.05, 0) is 30.3 Å². The van der Waals surface area contributed by atoms with Gasteiger partial charge in [0, 0.05) is 9.37 Å². The Morgan fingerprint density at radius 2 is 1.94 bits per heavy atom. The minimum atomic E-state index is -1.57. The van der Waals surface area contributed by atoms with Crippen LogP contribution >= 0.6 is 15.9 Å². The lowest BCUT2D eigenvalue weighted by atomic mass is 10.2. The van der Waals surface area contributed by atoms with E-state index in [-0.39, 0.29) is 10.5 Å². The normalized spacial score (nSPS) is 11.8. The quantitative estimate of drug-likeness (QED) is 0.846. The van der Waals surface area contributed by atoms with E-state index in [0.717, 1.165) is 4.47 Å². The van der Waals surface area contributed by atoms with Crippen molar-refractivity contribution in [3.05, 3.63) is 58.3 Å². The number of nitriles is 1. The third kappa shape index (κ3) is 2.50. The highest BCUT2D eigenvalue weighted by Crippen LogP contribution is 2.23. The Balaban J connectivity index is 2.54. The summed E-state index contributed by atoms with van der Waals surface area (Å²) in [7, 11) is -1.57. The minimum absolute atomic E-state index is 0.171. The Kier molecular flexibility index (Phi) is 3.90. The monoisotopic (exact) mass is 323 g/mol. The Bertz CT molecular complexity index is 666. The van der Waals surface area contributed by atoms with Crippen molar-refractivity contribution < 1.29 is 8.60 Å². The molecule has 5 heteroatoms. The van der Waals surface area contributed by atoms with Crippen LogP contribution in [0.4, 0.5) is 4.39 Å². The van der Waals surface area contributed by atoms with E-state index in [1.54, 1.807) is 30.3 Å². The molecule has 0 bridgehead atoms. The van der Waals surface area contributed by atoms with Gasteiger partial charge in [0.25, 0.3) is 0 Å². The van der Waals surface area contributed by atoms with Crippen LogP contribution in [-0.2, 0) is 10.8 Å². The second kappa shape index (κ2) is 5.42. The average molecular weight is 324 g/mol. The Morgan fingerprint density at radius 1 is 1.22 bits per heavy atom. The molecule has 0 aliphatic heterocycles. The number of hydrogen-bond donors (Lipinski definition) is 0. The smallest absolute Gasteiger partial charge is 0.142 e. The molecule has 0 saturated carbocycles. The third-order valence-corrected chi connectivity index (χ3v) is 4.21. The fraction of sp³-hybridized carbons (Fsp3) is 0. The first-order valence-electron chi connectivity index (χ1n) is 4.99. The SMILES string of the molecule is N#Cc1c(F)cccc1[S@@](=O)c1cccc(Br)c1. The zero-order valence-corrected chi connectivity index (χ0v) is 11.5. The number of hydrogen-bond acceptors (Lipinski definition) is 2. The zero-order valence-electron chi connectivity index (χ0n) is 9.06. The summed E-state index contributed by atoms with van der Waals surface area (Å²) >= 11 is 3.28. The molecule has 90 valence electrons. The van der Waals surface area contributed by atoms with E-state index in [2.05, 4.69) is 15.9 Å². The molecule has 2 aromatic carbocycles. The van der Waals surface area contributed by atoms with Gasteiger partial charge >= 0.3 is 0 Å². The molecular formula is C13H7BrFNOS. The van der Waals surface area contributed by atoms with E-state index >= 15 is 0 Å². The first-order valence-corrected chi connectivity index (χ1v) is 6.93. The highest BCUT2D eigenvalue weighted by atomic mass is 79.9. The summed E-state index contributed by atoms with van der Waals surface area (Å²) in [4.78, 5) is 0.710. The molecule has 0 amide bonds. The van der Waals surface area contributed by atoms with E-state index in [1.165, 1.54) is 18.2 Å². The predicted octanol–water partition coefficient (Wildman–Crippen LogP) is 3.63. The van der Waals surface area contributed by atoms with Gasteiger partial charge in [0.15, 0.2) is 0 Å². The van der Waals surface area contributed by atoms with E-state index in [1.807, 2.05) is 0 Å². The Hall–Kier alpha value is -1.51. The lowest BCUT2D eigenvalue weighted by molar-refractivity contribution is 0.618. The lowest BCUT2D eigenvalue weighted by Crippen LogP contribution is -1.98. The molecule has 1 atom stereocenters. The number of benzene rings is 2. The molecule has 2 nitrogen and oxygen atoms in total. The molecule has 0 spiro atoms. The van der Waals surface area contributed by atoms with Crippen LogP contribution in [0.3, 0.4) is 0 Å². The summed E-state index contributed by atoms with van der Waals surface area (Å²) in [6.07, 6.45) is 0. The fourth-order valence-corrected chi connectivity index (χ4v) is 3.25. The molecule has 0 radical (unpaired) electrons. The molecule has 0 unspecified atom stereocenters. The molecular weight excluding hydrogens is 317 g/mol. The second-order valence-corrected chi connectivity index (χ2v) is 5.82. The van der Waals surface area contributed by atoms with Gasteiger partial charge in [-0.25, -0.2) is 8.60 Å². The van der Waals surface area contributed by atoms with Crippen molar-refractivity contribution in [2.75, 3.05) is 0 Å². The highest BCUT2D eigenvalue weighted by molar-refractivity contribution is 9.10. The van der Waals surface area contributed by atoms with Crippen molar-refractivity contribution in [2.24, 2.45) is 0 Å². The third-order valence-electron chi connectivity index (χ3n) is 2.30. The molecule has 2 rings (SSSR count). The van der Waals surface area contributed by atoms with Crippen LogP contribution in [-0.4, -0.2) is 4.21 Å². The lowest BCUT2D eigenvalue weighted by Gasteiger charge is -2.05. The predicted molar refractivity (Wildman–Crippen MR) is 69.9 cm³/mol. The largest absolute Gasteiger partial charge is 0.249 e. The van der Waals surface area contributed by atoms with Crippen LogP contribution in [0.1, 0.15) is 5.56 Å². The fourth-order valence-electron chi connectivity index (χ4n) is 1.48. The van der Waals surface area contributed by atoms with Crippen LogP contribution in [0.15, 0.2) is 56.7 Å². The van der Waals surface area contributed by atoms with Crippen LogP contribution in [0.5, 0.6) is 0 Å². The van der Waals surface area contributed by atoms with Gasteiger partial charge in [0.2, 0.25) is 0 Å². The first kappa shape index (κ1) is 12.9. The van der Waals surface area contributed by atoms with E-state index in [4.69, 9.17) is 5.26 Å². The molecule has 0 saturated heterocycles. The Labute approximate surface area is 115 Å². The Morgan fingerprint density at radius 3 is 2.61 bits per heavy atom. The summed E-state index contributed by atoms with van der Waals surface area (Å²) in [5, 5.41) is 8.92. The first-order chi connectivity index (χ1) is 8.63. The molecule has 0 aliphatic rings. The van der Waals surface area contributed by atoms with Gasteiger partial charge in [-0.3, -0.25) is 0 Å². The van der Waals surface area contributed by atoms with Crippen LogP contribution < -0.4 is 0 Å². The molecule has 0 aliphatic carbocycles. The molecule has 0 N–H and O–H groups in total. The molecule has 2 aromatic rings. The van der Waals surface area contributed by atoms with Crippen molar-refractivity contribution in [3.8, 4) is 6.07 Å². The van der Waals surface area contributed by atoms with Crippen molar-refractivity contribution in [2.45, 2.75) is 9.79 Å². The highest BCUT2D eigenvalue weighted by Gasteiger charge is 2.15. The van der Waals surface area contributed by atoms with Crippen LogP contribution in [0.2, 0.25) is 0 Å². The summed E-state index contributed by atoms with van der Waals surface area (Å²) in [6.45, 7) is 0.